The van der Waals surface area contributed by atoms with Gasteiger partial charge in [0, 0.05) is 22.2 Å². The van der Waals surface area contributed by atoms with Gasteiger partial charge < -0.3 is 25.8 Å². The van der Waals surface area contributed by atoms with Gasteiger partial charge in [0.15, 0.2) is 17.2 Å². The summed E-state index contributed by atoms with van der Waals surface area (Å²) >= 11 is 0. The molecule has 0 atom stereocenters. The van der Waals surface area contributed by atoms with E-state index < -0.39 is 176 Å². The van der Waals surface area contributed by atoms with Crippen molar-refractivity contribution in [2.24, 2.45) is 40.9 Å². The number of ether oxygens (including phenoxy) is 1. The maximum atomic E-state index is 13.1. The van der Waals surface area contributed by atoms with Crippen LogP contribution in [0, 0.1) is 10.1 Å². The molecule has 0 aliphatic carbocycles. The van der Waals surface area contributed by atoms with Gasteiger partial charge in [-0.3, -0.25) is 37.7 Å². The van der Waals surface area contributed by atoms with Gasteiger partial charge in [0.1, 0.15) is 48.0 Å². The van der Waals surface area contributed by atoms with Crippen LogP contribution in [0.4, 0.5) is 56.9 Å². The van der Waals surface area contributed by atoms with Crippen molar-refractivity contribution in [1.29, 1.82) is 0 Å². The number of benzene rings is 7. The molecular weight excluding hydrogens is 1180 g/mol. The van der Waals surface area contributed by atoms with Crippen LogP contribution in [0.2, 0.25) is 0 Å². The monoisotopic (exact) mass is 1210 g/mol. The number of phenolic OH excluding ortho intramolecular Hbond substituents is 2. The van der Waals surface area contributed by atoms with Crippen molar-refractivity contribution in [3.8, 4) is 28.9 Å². The van der Waals surface area contributed by atoms with Crippen LogP contribution in [0.15, 0.2) is 169 Å². The average molecular weight is 1210 g/mol. The fourth-order valence-corrected chi connectivity index (χ4v) is 10.7. The van der Waals surface area contributed by atoms with E-state index in [0.717, 1.165) is 66.7 Å². The maximum Gasteiger partial charge on any atom is 0.299 e. The molecule has 0 unspecified atom stereocenters. The maximum absolute atomic E-state index is 13.1. The van der Waals surface area contributed by atoms with Crippen molar-refractivity contribution >= 4 is 135 Å². The Morgan fingerprint density at radius 1 is 0.543 bits per heavy atom. The van der Waals surface area contributed by atoms with Crippen LogP contribution in [0.1, 0.15) is 0 Å². The van der Waals surface area contributed by atoms with Crippen LogP contribution in [-0.2, 0) is 55.4 Å². The predicted molar refractivity (Wildman–Crippen MR) is 273 cm³/mol. The fraction of sp³-hybridized carbons (Fsp3) is 0. The zero-order valence-corrected chi connectivity index (χ0v) is 43.3. The molecule has 0 spiro atoms. The average Bonchev–Trinajstić information content (AvgIpc) is 3.13. The highest BCUT2D eigenvalue weighted by Gasteiger charge is 2.30. The summed E-state index contributed by atoms with van der Waals surface area (Å²) in [6.07, 6.45) is 0. The fourth-order valence-electron chi connectivity index (χ4n) is 7.39. The molecule has 0 aliphatic rings. The van der Waals surface area contributed by atoms with Gasteiger partial charge in [-0.2, -0.15) is 51.9 Å². The first-order chi connectivity index (χ1) is 37.8. The number of rotatable bonds is 17. The Balaban J connectivity index is 1.19. The standard InChI is InChI=1S/C42H28N12O22S5/c43-35-29(17-31(78(64,65)66)23-11-13-27(39(57)34(23)35)47-45-25-3-1-2-4-30(25)54(59)60)49-48-28-14-10-22-24(40(28)81(73,74)75)16-33(80(70,71)72)36(38(22)56)50-44-19-5-12-26(32(15-19)79(67,68)69)46-51-37-41(76-18-55)52-53(42(37)58)20-6-8-21(9-7-20)77(61,62)63/h1-18,56-58H,43H2,(H,61,62,63)(H,64,65,66)(H,67,68,69)(H,70,71,72)(H,73,74,75). The number of aromatic hydroxyl groups is 3. The van der Waals surface area contributed by atoms with Crippen molar-refractivity contribution in [2.45, 2.75) is 24.5 Å². The van der Waals surface area contributed by atoms with E-state index in [4.69, 9.17) is 10.5 Å². The number of fused-ring (bicyclic) bond motifs is 2. The van der Waals surface area contributed by atoms with Crippen molar-refractivity contribution < 1.29 is 94.6 Å². The van der Waals surface area contributed by atoms with Crippen LogP contribution < -0.4 is 10.5 Å². The number of anilines is 1. The molecule has 0 saturated carbocycles. The summed E-state index contributed by atoms with van der Waals surface area (Å²) in [7, 11) is -26.5. The minimum atomic E-state index is -5.64. The van der Waals surface area contributed by atoms with Gasteiger partial charge in [-0.05, 0) is 78.9 Å². The van der Waals surface area contributed by atoms with Gasteiger partial charge in [-0.25, -0.2) is 0 Å². The third kappa shape index (κ3) is 11.7. The highest BCUT2D eigenvalue weighted by Crippen LogP contribution is 2.49. The quantitative estimate of drug-likeness (QED) is 0.0103. The molecule has 1 heterocycles. The van der Waals surface area contributed by atoms with Gasteiger partial charge in [-0.1, -0.05) is 18.2 Å². The number of phenols is 2. The van der Waals surface area contributed by atoms with Crippen LogP contribution in [0.5, 0.6) is 23.3 Å². The Morgan fingerprint density at radius 3 is 1.73 bits per heavy atom. The Hall–Kier alpha value is -9.71. The minimum absolute atomic E-state index is 0.0966. The van der Waals surface area contributed by atoms with E-state index in [2.05, 4.69) is 46.0 Å². The first-order valence-electron chi connectivity index (χ1n) is 21.1. The van der Waals surface area contributed by atoms with Crippen molar-refractivity contribution in [3.63, 3.8) is 0 Å². The van der Waals surface area contributed by atoms with Gasteiger partial charge in [0.05, 0.1) is 32.3 Å². The number of carbonyl (C=O) groups excluding carboxylic acids is 1. The molecule has 39 heteroatoms. The Labute approximate surface area is 451 Å². The third-order valence-corrected chi connectivity index (χ3v) is 15.4. The number of aromatic nitrogens is 2. The van der Waals surface area contributed by atoms with Gasteiger partial charge in [-0.15, -0.1) is 40.9 Å². The van der Waals surface area contributed by atoms with E-state index in [1.165, 1.54) is 18.2 Å². The molecular formula is C42H28N12O22S5. The molecule has 81 heavy (non-hydrogen) atoms. The summed E-state index contributed by atoms with van der Waals surface area (Å²) in [6, 6.07) is 15.9. The number of nitro groups is 1. The molecule has 0 aliphatic heterocycles. The second kappa shape index (κ2) is 21.2. The lowest BCUT2D eigenvalue weighted by molar-refractivity contribution is -0.384. The number of nitrogens with two attached hydrogens (primary N) is 1. The van der Waals surface area contributed by atoms with Gasteiger partial charge in [0.2, 0.25) is 11.6 Å². The van der Waals surface area contributed by atoms with Crippen LogP contribution >= 0.6 is 0 Å². The summed E-state index contributed by atoms with van der Waals surface area (Å²) in [6.45, 7) is -0.150. The number of azo groups is 4. The van der Waals surface area contributed by atoms with Gasteiger partial charge >= 0.3 is 0 Å². The molecule has 7 aromatic carbocycles. The lowest BCUT2D eigenvalue weighted by atomic mass is 10.1. The van der Waals surface area contributed by atoms with E-state index in [-0.39, 0.29) is 17.8 Å². The van der Waals surface area contributed by atoms with E-state index in [1.54, 1.807) is 0 Å². The number of nitrogen functional groups attached to an aromatic ring is 1. The van der Waals surface area contributed by atoms with Gasteiger partial charge in [0.25, 0.3) is 68.6 Å². The Bertz CT molecular complexity index is 4750. The number of nitrogens with zero attached hydrogens (tertiary/aromatic N) is 11. The van der Waals surface area contributed by atoms with Crippen molar-refractivity contribution in [1.82, 2.24) is 9.78 Å². The number of hydrogen-bond acceptors (Lipinski definition) is 27. The third-order valence-electron chi connectivity index (χ3n) is 10.9. The van der Waals surface area contributed by atoms with Crippen LogP contribution in [0.3, 0.4) is 0 Å². The smallest absolute Gasteiger partial charge is 0.299 e. The highest BCUT2D eigenvalue weighted by atomic mass is 32.2. The zero-order chi connectivity index (χ0) is 59.3. The Morgan fingerprint density at radius 2 is 1.11 bits per heavy atom. The van der Waals surface area contributed by atoms with E-state index in [1.807, 2.05) is 0 Å². The molecule has 8 aromatic rings. The summed E-state index contributed by atoms with van der Waals surface area (Å²) in [5.74, 6) is -3.89. The number of nitro benzene ring substituents is 1. The SMILES string of the molecule is Nc1c(N=Nc2ccc3c(O)c(N=Nc4ccc(N=Nc5c(OC=O)nn(-c6ccc(S(=O)(=O)O)cc6)c5O)c(S(=O)(=O)O)c4)c(S(=O)(=O)O)cc3c2S(=O)(=O)O)cc(S(=O)(=O)O)c2ccc(N=Nc3ccccc3[N+](=O)[O-])c(O)c12. The Kier molecular flexibility index (Phi) is 15.0. The predicted octanol–water partition coefficient (Wildman–Crippen LogP) is 8.22. The van der Waals surface area contributed by atoms with E-state index >= 15 is 0 Å². The molecule has 0 saturated heterocycles. The molecule has 0 fully saturated rings. The number of hydrogen-bond donors (Lipinski definition) is 9. The first kappa shape index (κ1) is 57.5. The largest absolute Gasteiger partial charge is 0.505 e. The van der Waals surface area contributed by atoms with Crippen LogP contribution in [0.25, 0.3) is 27.2 Å². The second-order valence-corrected chi connectivity index (χ2v) is 22.9. The minimum Gasteiger partial charge on any atom is -0.505 e. The van der Waals surface area contributed by atoms with E-state index in [9.17, 15) is 95.1 Å². The summed E-state index contributed by atoms with van der Waals surface area (Å²) in [4.78, 5) is 16.5. The second-order valence-electron chi connectivity index (χ2n) is 15.9. The molecule has 418 valence electrons. The summed E-state index contributed by atoms with van der Waals surface area (Å²) < 4.78 is 181. The molecule has 0 amide bonds. The molecule has 34 nitrogen and oxygen atoms in total. The molecule has 0 bridgehead atoms. The number of carbonyl (C=O) groups is 1. The zero-order valence-electron chi connectivity index (χ0n) is 39.2. The molecule has 0 radical (unpaired) electrons. The van der Waals surface area contributed by atoms with Crippen molar-refractivity contribution in [2.75, 3.05) is 5.73 Å². The normalized spacial score (nSPS) is 12.9. The highest BCUT2D eigenvalue weighted by molar-refractivity contribution is 7.87. The van der Waals surface area contributed by atoms with Crippen molar-refractivity contribution in [3.05, 3.63) is 113 Å². The first-order valence-corrected chi connectivity index (χ1v) is 28.3. The van der Waals surface area contributed by atoms with Crippen LogP contribution in [-0.4, -0.2) is 101 Å². The lowest BCUT2D eigenvalue weighted by Crippen LogP contribution is -2.03. The molecule has 10 N–H and O–H groups in total. The summed E-state index contributed by atoms with van der Waals surface area (Å²) in [5.41, 5.74) is -0.532. The van der Waals surface area contributed by atoms with E-state index in [0.29, 0.717) is 22.9 Å². The topological polar surface area (TPSA) is 545 Å². The molecule has 8 rings (SSSR count). The molecule has 1 aromatic heterocycles. The lowest BCUT2D eigenvalue weighted by Gasteiger charge is -2.13. The summed E-state index contributed by atoms with van der Waals surface area (Å²) in [5, 5.41) is 75.9. The number of para-hydroxylation sites is 1.